The van der Waals surface area contributed by atoms with Crippen LogP contribution in [0.3, 0.4) is 0 Å². The number of anilines is 1. The Morgan fingerprint density at radius 2 is 1.61 bits per heavy atom. The van der Waals surface area contributed by atoms with Crippen LogP contribution in [0.15, 0.2) is 54.7 Å². The van der Waals surface area contributed by atoms with Gasteiger partial charge in [-0.05, 0) is 130 Å². The lowest BCUT2D eigenvalue weighted by molar-refractivity contribution is -0.0476. The van der Waals surface area contributed by atoms with Crippen LogP contribution in [0.1, 0.15) is 82.0 Å². The lowest BCUT2D eigenvalue weighted by Gasteiger charge is -2.56. The molecule has 4 aliphatic rings. The van der Waals surface area contributed by atoms with E-state index in [1.54, 1.807) is 6.07 Å². The van der Waals surface area contributed by atoms with Crippen LogP contribution < -0.4 is 15.0 Å². The van der Waals surface area contributed by atoms with Crippen LogP contribution in [-0.2, 0) is 12.0 Å². The molecule has 1 N–H and O–H groups in total. The second kappa shape index (κ2) is 12.8. The van der Waals surface area contributed by atoms with Crippen molar-refractivity contribution in [2.45, 2.75) is 83.3 Å². The van der Waals surface area contributed by atoms with Gasteiger partial charge in [0.05, 0.1) is 12.3 Å². The SMILES string of the molecule is [C-]#[N+]c1cc(Cl)cc(C(C)(C)c2ccc(OCc3ccnc(N4CCC5(CC4)CCN(C4CC6(CCNCC6)C4)CC5)n3)cc2)c1. The molecule has 0 atom stereocenters. The van der Waals surface area contributed by atoms with E-state index in [1.165, 1.54) is 77.5 Å². The van der Waals surface area contributed by atoms with Gasteiger partial charge in [-0.15, -0.1) is 0 Å². The van der Waals surface area contributed by atoms with Gasteiger partial charge in [-0.2, -0.15) is 0 Å². The largest absolute Gasteiger partial charge is 0.487 e. The maximum absolute atomic E-state index is 7.39. The Labute approximate surface area is 279 Å². The van der Waals surface area contributed by atoms with Crippen molar-refractivity contribution in [1.82, 2.24) is 20.2 Å². The molecule has 1 aromatic heterocycles. The van der Waals surface area contributed by atoms with E-state index < -0.39 is 0 Å². The molecule has 46 heavy (non-hydrogen) atoms. The van der Waals surface area contributed by atoms with Crippen molar-refractivity contribution in [3.8, 4) is 5.75 Å². The van der Waals surface area contributed by atoms with Crippen molar-refractivity contribution < 1.29 is 4.74 Å². The molecule has 3 aromatic rings. The van der Waals surface area contributed by atoms with E-state index in [1.807, 2.05) is 36.5 Å². The summed E-state index contributed by atoms with van der Waals surface area (Å²) in [5, 5.41) is 4.13. The fourth-order valence-electron chi connectivity index (χ4n) is 8.52. The number of nitrogens with zero attached hydrogens (tertiary/aromatic N) is 5. The van der Waals surface area contributed by atoms with E-state index in [0.29, 0.717) is 28.1 Å². The summed E-state index contributed by atoms with van der Waals surface area (Å²) in [6.45, 7) is 19.2. The average molecular weight is 639 g/mol. The van der Waals surface area contributed by atoms with Crippen molar-refractivity contribution in [2.24, 2.45) is 10.8 Å². The molecule has 8 heteroatoms. The van der Waals surface area contributed by atoms with Gasteiger partial charge in [0.1, 0.15) is 12.4 Å². The first kappa shape index (κ1) is 31.4. The third-order valence-electron chi connectivity index (χ3n) is 11.9. The monoisotopic (exact) mass is 638 g/mol. The molecular weight excluding hydrogens is 592 g/mol. The molecule has 7 nitrogen and oxygen atoms in total. The van der Waals surface area contributed by atoms with Crippen LogP contribution in [-0.4, -0.2) is 60.2 Å². The first-order chi connectivity index (χ1) is 22.2. The predicted molar refractivity (Wildman–Crippen MR) is 185 cm³/mol. The molecule has 0 amide bonds. The number of piperidine rings is 3. The summed E-state index contributed by atoms with van der Waals surface area (Å²) in [6.07, 6.45) is 12.7. The molecule has 0 unspecified atom stereocenters. The quantitative estimate of drug-likeness (QED) is 0.267. The first-order valence-electron chi connectivity index (χ1n) is 17.2. The predicted octanol–water partition coefficient (Wildman–Crippen LogP) is 7.80. The van der Waals surface area contributed by atoms with Crippen LogP contribution in [0.5, 0.6) is 5.75 Å². The molecule has 4 heterocycles. The molecule has 242 valence electrons. The summed E-state index contributed by atoms with van der Waals surface area (Å²) in [7, 11) is 0. The molecule has 2 spiro atoms. The number of nitrogens with one attached hydrogen (secondary N) is 1. The maximum Gasteiger partial charge on any atom is 0.225 e. The Morgan fingerprint density at radius 3 is 2.30 bits per heavy atom. The molecule has 0 radical (unpaired) electrons. The number of likely N-dealkylation sites (tertiary alicyclic amines) is 1. The Hall–Kier alpha value is -3.18. The summed E-state index contributed by atoms with van der Waals surface area (Å²) in [5.41, 5.74) is 4.45. The molecule has 1 saturated carbocycles. The standard InChI is InChI=1S/C38H47ClN6O/c1-36(2,29-22-30(39)24-32(23-29)40-3)28-4-6-34(7-5-28)46-27-31-8-15-42-35(43-31)45-20-13-37(14-21-45)11-18-44(19-12-37)33-25-38(26-33)9-16-41-17-10-38/h4-8,15,22-24,33,41H,9-14,16-21,25-27H2,1-2H3. The molecule has 0 bridgehead atoms. The summed E-state index contributed by atoms with van der Waals surface area (Å²) in [4.78, 5) is 18.3. The van der Waals surface area contributed by atoms with Gasteiger partial charge in [-0.25, -0.2) is 14.8 Å². The summed E-state index contributed by atoms with van der Waals surface area (Å²) in [5.74, 6) is 1.62. The first-order valence-corrected chi connectivity index (χ1v) is 17.6. The molecule has 2 aromatic carbocycles. The Morgan fingerprint density at radius 1 is 0.913 bits per heavy atom. The van der Waals surface area contributed by atoms with E-state index in [9.17, 15) is 0 Å². The smallest absolute Gasteiger partial charge is 0.225 e. The molecule has 1 aliphatic carbocycles. The summed E-state index contributed by atoms with van der Waals surface area (Å²) in [6, 6.07) is 16.5. The van der Waals surface area contributed by atoms with Crippen molar-refractivity contribution >= 4 is 23.2 Å². The van der Waals surface area contributed by atoms with Crippen molar-refractivity contribution in [3.63, 3.8) is 0 Å². The normalized spacial score (nSPS) is 21.6. The van der Waals surface area contributed by atoms with Gasteiger partial charge in [0.15, 0.2) is 5.69 Å². The zero-order chi connectivity index (χ0) is 31.8. The van der Waals surface area contributed by atoms with E-state index in [2.05, 4.69) is 50.9 Å². The maximum atomic E-state index is 7.39. The third kappa shape index (κ3) is 6.50. The van der Waals surface area contributed by atoms with E-state index >= 15 is 0 Å². The van der Waals surface area contributed by atoms with Gasteiger partial charge < -0.3 is 19.9 Å². The number of benzene rings is 2. The van der Waals surface area contributed by atoms with Crippen LogP contribution in [0.25, 0.3) is 4.85 Å². The van der Waals surface area contributed by atoms with E-state index in [4.69, 9.17) is 27.9 Å². The van der Waals surface area contributed by atoms with Crippen molar-refractivity contribution in [2.75, 3.05) is 44.2 Å². The van der Waals surface area contributed by atoms with Gasteiger partial charge in [0.25, 0.3) is 0 Å². The van der Waals surface area contributed by atoms with E-state index in [0.717, 1.165) is 47.7 Å². The average Bonchev–Trinajstić information content (AvgIpc) is 3.07. The lowest BCUT2D eigenvalue weighted by atomic mass is 9.59. The number of rotatable bonds is 7. The highest BCUT2D eigenvalue weighted by Crippen LogP contribution is 2.52. The third-order valence-corrected chi connectivity index (χ3v) is 12.1. The van der Waals surface area contributed by atoms with Crippen LogP contribution >= 0.6 is 11.6 Å². The number of halogens is 1. The minimum atomic E-state index is -0.304. The molecular formula is C38H47ClN6O. The van der Waals surface area contributed by atoms with E-state index in [-0.39, 0.29) is 5.41 Å². The number of hydrogen-bond acceptors (Lipinski definition) is 6. The highest BCUT2D eigenvalue weighted by atomic mass is 35.5. The Bertz CT molecular complexity index is 1550. The minimum absolute atomic E-state index is 0.304. The Kier molecular flexibility index (Phi) is 8.73. The second-order valence-corrected chi connectivity index (χ2v) is 15.4. The van der Waals surface area contributed by atoms with Gasteiger partial charge >= 0.3 is 0 Å². The number of ether oxygens (including phenoxy) is 1. The number of hydrogen-bond donors (Lipinski definition) is 1. The molecule has 3 aliphatic heterocycles. The Balaban J connectivity index is 0.897. The lowest BCUT2D eigenvalue weighted by Crippen LogP contribution is -2.57. The molecule has 3 saturated heterocycles. The zero-order valence-electron chi connectivity index (χ0n) is 27.4. The molecule has 7 rings (SSSR count). The van der Waals surface area contributed by atoms with Crippen LogP contribution in [0.4, 0.5) is 11.6 Å². The highest BCUT2D eigenvalue weighted by molar-refractivity contribution is 6.31. The molecule has 4 fully saturated rings. The van der Waals surface area contributed by atoms with Crippen LogP contribution in [0.2, 0.25) is 5.02 Å². The highest BCUT2D eigenvalue weighted by Gasteiger charge is 2.48. The van der Waals surface area contributed by atoms with Crippen molar-refractivity contribution in [1.29, 1.82) is 0 Å². The fraction of sp³-hybridized carbons (Fsp3) is 0.553. The fourth-order valence-corrected chi connectivity index (χ4v) is 8.75. The van der Waals surface area contributed by atoms with Gasteiger partial charge in [0.2, 0.25) is 5.95 Å². The zero-order valence-corrected chi connectivity index (χ0v) is 28.2. The number of aromatic nitrogens is 2. The van der Waals surface area contributed by atoms with Crippen molar-refractivity contribution in [3.05, 3.63) is 88.0 Å². The second-order valence-electron chi connectivity index (χ2n) is 14.9. The minimum Gasteiger partial charge on any atom is -0.487 e. The van der Waals surface area contributed by atoms with Crippen LogP contribution in [0, 0.1) is 17.4 Å². The summed E-state index contributed by atoms with van der Waals surface area (Å²) >= 11 is 6.30. The van der Waals surface area contributed by atoms with Gasteiger partial charge in [-0.3, -0.25) is 0 Å². The van der Waals surface area contributed by atoms with Gasteiger partial charge in [-0.1, -0.05) is 43.6 Å². The van der Waals surface area contributed by atoms with Gasteiger partial charge in [0, 0.05) is 35.8 Å². The summed E-state index contributed by atoms with van der Waals surface area (Å²) < 4.78 is 6.16. The topological polar surface area (TPSA) is 57.9 Å².